The van der Waals surface area contributed by atoms with E-state index in [0.717, 1.165) is 16.7 Å². The Balaban J connectivity index is 2.03. The van der Waals surface area contributed by atoms with Crippen LogP contribution in [0.2, 0.25) is 0 Å². The van der Waals surface area contributed by atoms with Gasteiger partial charge in [-0.05, 0) is 13.3 Å². The van der Waals surface area contributed by atoms with Crippen LogP contribution in [0.5, 0.6) is 0 Å². The summed E-state index contributed by atoms with van der Waals surface area (Å²) in [6.45, 7) is 4.10. The van der Waals surface area contributed by atoms with Crippen LogP contribution in [0.3, 0.4) is 0 Å². The lowest BCUT2D eigenvalue weighted by Gasteiger charge is -2.13. The fourth-order valence-corrected chi connectivity index (χ4v) is 2.70. The summed E-state index contributed by atoms with van der Waals surface area (Å²) in [6, 6.07) is 1.55. The maximum Gasteiger partial charge on any atom is 0.434 e. The van der Waals surface area contributed by atoms with Crippen LogP contribution in [-0.4, -0.2) is 10.1 Å². The van der Waals surface area contributed by atoms with Gasteiger partial charge in [0.1, 0.15) is 10.8 Å². The third-order valence-electron chi connectivity index (χ3n) is 2.73. The molecule has 0 aromatic carbocycles. The highest BCUT2D eigenvalue weighted by molar-refractivity contribution is 7.09. The number of nitrogens with one attached hydrogen (secondary N) is 1. The van der Waals surface area contributed by atoms with Crippen molar-refractivity contribution >= 4 is 11.3 Å². The maximum atomic E-state index is 12.5. The Morgan fingerprint density at radius 3 is 2.70 bits per heavy atom. The van der Waals surface area contributed by atoms with E-state index in [0.29, 0.717) is 29.4 Å². The van der Waals surface area contributed by atoms with Gasteiger partial charge >= 0.3 is 6.18 Å². The molecule has 0 amide bonds. The molecule has 0 saturated carbocycles. The molecule has 0 spiro atoms. The molecule has 1 unspecified atom stereocenters. The minimum Gasteiger partial charge on any atom is -0.361 e. The molecule has 4 nitrogen and oxygen atoms in total. The van der Waals surface area contributed by atoms with Crippen LogP contribution in [0.4, 0.5) is 13.2 Å². The van der Waals surface area contributed by atoms with Crippen molar-refractivity contribution in [3.8, 4) is 0 Å². The molecule has 1 atom stereocenters. The molecular weight excluding hydrogens is 291 g/mol. The molecule has 0 aliphatic carbocycles. The molecule has 1 N–H and O–H groups in total. The van der Waals surface area contributed by atoms with E-state index >= 15 is 0 Å². The summed E-state index contributed by atoms with van der Waals surface area (Å²) in [7, 11) is 0. The largest absolute Gasteiger partial charge is 0.434 e. The molecule has 110 valence electrons. The SMILES string of the molecule is CCC(NCc1cc(C)on1)c1nc(C(F)(F)F)cs1. The normalized spacial score (nSPS) is 13.7. The van der Waals surface area contributed by atoms with Crippen LogP contribution in [0.15, 0.2) is 16.0 Å². The fraction of sp³-hybridized carbons (Fsp3) is 0.500. The molecule has 0 aliphatic rings. The average Bonchev–Trinajstić information content (AvgIpc) is 2.99. The highest BCUT2D eigenvalue weighted by Crippen LogP contribution is 2.32. The van der Waals surface area contributed by atoms with Crippen LogP contribution in [0.25, 0.3) is 0 Å². The number of alkyl halides is 3. The van der Waals surface area contributed by atoms with E-state index in [2.05, 4.69) is 15.5 Å². The van der Waals surface area contributed by atoms with Crippen LogP contribution >= 0.6 is 11.3 Å². The van der Waals surface area contributed by atoms with Crippen molar-refractivity contribution in [1.82, 2.24) is 15.5 Å². The molecule has 0 aliphatic heterocycles. The topological polar surface area (TPSA) is 51.0 Å². The van der Waals surface area contributed by atoms with Gasteiger partial charge < -0.3 is 9.84 Å². The molecule has 0 bridgehead atoms. The maximum absolute atomic E-state index is 12.5. The van der Waals surface area contributed by atoms with E-state index in [1.165, 1.54) is 0 Å². The average molecular weight is 305 g/mol. The molecule has 2 aromatic heterocycles. The first-order valence-electron chi connectivity index (χ1n) is 6.08. The predicted octanol–water partition coefficient (Wildman–Crippen LogP) is 3.70. The van der Waals surface area contributed by atoms with Crippen LogP contribution in [0.1, 0.15) is 41.5 Å². The van der Waals surface area contributed by atoms with Gasteiger partial charge in [-0.25, -0.2) is 4.98 Å². The van der Waals surface area contributed by atoms with Crippen molar-refractivity contribution < 1.29 is 17.7 Å². The number of hydrogen-bond acceptors (Lipinski definition) is 5. The van der Waals surface area contributed by atoms with E-state index in [1.54, 1.807) is 13.0 Å². The number of halogens is 3. The second kappa shape index (κ2) is 5.92. The summed E-state index contributed by atoms with van der Waals surface area (Å²) in [5.41, 5.74) is -0.122. The van der Waals surface area contributed by atoms with Crippen LogP contribution in [-0.2, 0) is 12.7 Å². The number of aromatic nitrogens is 2. The molecule has 0 saturated heterocycles. The monoisotopic (exact) mass is 305 g/mol. The molecule has 2 aromatic rings. The third kappa shape index (κ3) is 3.57. The predicted molar refractivity (Wildman–Crippen MR) is 68.2 cm³/mol. The number of rotatable bonds is 5. The van der Waals surface area contributed by atoms with Gasteiger partial charge in [0.2, 0.25) is 0 Å². The Hall–Kier alpha value is -1.41. The summed E-state index contributed by atoms with van der Waals surface area (Å²) in [6.07, 6.45) is -3.75. The second-order valence-electron chi connectivity index (χ2n) is 4.34. The number of aryl methyl sites for hydroxylation is 1. The molecule has 0 fully saturated rings. The first-order chi connectivity index (χ1) is 9.40. The Bertz CT molecular complexity index is 564. The molecule has 20 heavy (non-hydrogen) atoms. The summed E-state index contributed by atoms with van der Waals surface area (Å²) < 4.78 is 42.5. The van der Waals surface area contributed by atoms with Gasteiger partial charge in [-0.1, -0.05) is 12.1 Å². The van der Waals surface area contributed by atoms with Gasteiger partial charge in [-0.3, -0.25) is 0 Å². The van der Waals surface area contributed by atoms with Gasteiger partial charge in [0.15, 0.2) is 5.69 Å². The minimum absolute atomic E-state index is 0.229. The van der Waals surface area contributed by atoms with Crippen molar-refractivity contribution in [3.63, 3.8) is 0 Å². The first-order valence-corrected chi connectivity index (χ1v) is 6.96. The van der Waals surface area contributed by atoms with Crippen molar-refractivity contribution in [2.75, 3.05) is 0 Å². The Morgan fingerprint density at radius 2 is 2.20 bits per heavy atom. The Labute approximate surface area is 118 Å². The Kier molecular flexibility index (Phi) is 4.44. The summed E-state index contributed by atoms with van der Waals surface area (Å²) in [5, 5.41) is 8.44. The van der Waals surface area contributed by atoms with Gasteiger partial charge in [-0.15, -0.1) is 11.3 Å². The van der Waals surface area contributed by atoms with Crippen molar-refractivity contribution in [2.45, 2.75) is 39.0 Å². The van der Waals surface area contributed by atoms with E-state index < -0.39 is 11.9 Å². The molecule has 0 radical (unpaired) electrons. The first kappa shape index (κ1) is 15.0. The van der Waals surface area contributed by atoms with Crippen molar-refractivity contribution in [2.24, 2.45) is 0 Å². The van der Waals surface area contributed by atoms with Gasteiger partial charge in [-0.2, -0.15) is 13.2 Å². The zero-order chi connectivity index (χ0) is 14.8. The highest BCUT2D eigenvalue weighted by atomic mass is 32.1. The van der Waals surface area contributed by atoms with E-state index in [4.69, 9.17) is 4.52 Å². The van der Waals surface area contributed by atoms with E-state index in [9.17, 15) is 13.2 Å². The molecular formula is C12H14F3N3OS. The summed E-state index contributed by atoms with van der Waals surface area (Å²) >= 11 is 1.01. The lowest BCUT2D eigenvalue weighted by Crippen LogP contribution is -2.20. The van der Waals surface area contributed by atoms with Gasteiger partial charge in [0, 0.05) is 18.0 Å². The quantitative estimate of drug-likeness (QED) is 0.915. The van der Waals surface area contributed by atoms with Gasteiger partial charge in [0.05, 0.1) is 11.7 Å². The number of hydrogen-bond donors (Lipinski definition) is 1. The van der Waals surface area contributed by atoms with E-state index in [1.807, 2.05) is 6.92 Å². The van der Waals surface area contributed by atoms with Crippen molar-refractivity contribution in [1.29, 1.82) is 0 Å². The third-order valence-corrected chi connectivity index (χ3v) is 3.68. The lowest BCUT2D eigenvalue weighted by molar-refractivity contribution is -0.140. The smallest absolute Gasteiger partial charge is 0.361 e. The lowest BCUT2D eigenvalue weighted by atomic mass is 10.2. The van der Waals surface area contributed by atoms with Gasteiger partial charge in [0.25, 0.3) is 0 Å². The standard InChI is InChI=1S/C12H14F3N3OS/c1-3-9(16-5-8-4-7(2)19-18-8)11-17-10(6-20-11)12(13,14)15/h4,6,9,16H,3,5H2,1-2H3. The summed E-state index contributed by atoms with van der Waals surface area (Å²) in [4.78, 5) is 3.66. The second-order valence-corrected chi connectivity index (χ2v) is 5.23. The van der Waals surface area contributed by atoms with E-state index in [-0.39, 0.29) is 6.04 Å². The summed E-state index contributed by atoms with van der Waals surface area (Å²) in [5.74, 6) is 0.698. The van der Waals surface area contributed by atoms with Crippen LogP contribution in [0, 0.1) is 6.92 Å². The molecule has 2 rings (SSSR count). The number of thiazole rings is 1. The highest BCUT2D eigenvalue weighted by Gasteiger charge is 2.34. The zero-order valence-corrected chi connectivity index (χ0v) is 11.8. The molecule has 2 heterocycles. The number of nitrogens with zero attached hydrogens (tertiary/aromatic N) is 2. The Morgan fingerprint density at radius 1 is 1.45 bits per heavy atom. The molecule has 8 heteroatoms. The van der Waals surface area contributed by atoms with Crippen molar-refractivity contribution in [3.05, 3.63) is 33.6 Å². The minimum atomic E-state index is -4.39. The van der Waals surface area contributed by atoms with Crippen LogP contribution < -0.4 is 5.32 Å². The fourth-order valence-electron chi connectivity index (χ4n) is 1.71. The zero-order valence-electron chi connectivity index (χ0n) is 11.0.